The van der Waals surface area contributed by atoms with Crippen LogP contribution in [0.4, 0.5) is 0 Å². The van der Waals surface area contributed by atoms with Crippen LogP contribution < -0.4 is 24.2 Å². The molecule has 0 spiro atoms. The molecule has 14 heteroatoms. The Balaban J connectivity index is 0.000000707. The summed E-state index contributed by atoms with van der Waals surface area (Å²) >= 11 is 0. The number of rotatable bonds is 13. The van der Waals surface area contributed by atoms with Gasteiger partial charge >= 0.3 is 0 Å². The standard InChI is InChI=1S/C25H25N3O8S2.C6H15N/c1-15-12-26-21(16(2)24(15)35-4)14-37(31)25-27-20-11-18(34-3)7-10-22(20)28(25)38(32,33)19-8-5-17(6-9-19)36-13-23(29)30;1-4-7(5-2)6-3/h5-12H,13-14H2,1-4H3,(H,29,30);4-6H2,1-3H3/t37-;/m0./s1. The highest BCUT2D eigenvalue weighted by molar-refractivity contribution is 7.91. The van der Waals surface area contributed by atoms with Crippen molar-refractivity contribution in [1.82, 2.24) is 13.9 Å². The SMILES string of the molecule is CC[NH+](CC)CC.COc1ccc2c(c1)nc([S@@](=O)Cc1ncc(C)c(OC)c1C)n2S(=O)(=O)c1ccc(OCC(=O)[O-])cc1. The molecule has 0 aliphatic heterocycles. The van der Waals surface area contributed by atoms with E-state index in [-0.39, 0.29) is 32.6 Å². The number of quaternary nitrogens is 1. The maximum atomic E-state index is 13.8. The van der Waals surface area contributed by atoms with Crippen molar-refractivity contribution in [3.63, 3.8) is 0 Å². The number of carboxylic acid groups (broad SMARTS) is 1. The minimum absolute atomic E-state index is 0.103. The molecule has 2 heterocycles. The zero-order valence-corrected chi connectivity index (χ0v) is 28.2. The number of ether oxygens (including phenoxy) is 3. The molecule has 45 heavy (non-hydrogen) atoms. The third-order valence-corrected chi connectivity index (χ3v) is 10.3. The summed E-state index contributed by atoms with van der Waals surface area (Å²) in [6, 6.07) is 9.82. The summed E-state index contributed by atoms with van der Waals surface area (Å²) in [4.78, 5) is 21.0. The Morgan fingerprint density at radius 3 is 2.13 bits per heavy atom. The molecule has 0 unspecified atom stereocenters. The maximum Gasteiger partial charge on any atom is 0.270 e. The van der Waals surface area contributed by atoms with Gasteiger partial charge in [0.05, 0.1) is 78.0 Å². The van der Waals surface area contributed by atoms with E-state index in [4.69, 9.17) is 14.2 Å². The second-order valence-electron chi connectivity index (χ2n) is 10.00. The number of hydrogen-bond acceptors (Lipinski definition) is 10. The molecular formula is C31H40N4O8S2. The molecule has 4 aromatic rings. The Kier molecular flexibility index (Phi) is 12.5. The Hall–Kier alpha value is -4.01. The minimum atomic E-state index is -4.30. The summed E-state index contributed by atoms with van der Waals surface area (Å²) in [6.45, 7) is 13.4. The van der Waals surface area contributed by atoms with E-state index in [1.165, 1.54) is 64.2 Å². The van der Waals surface area contributed by atoms with Crippen LogP contribution in [0.25, 0.3) is 11.0 Å². The van der Waals surface area contributed by atoms with Gasteiger partial charge in [0, 0.05) is 23.4 Å². The number of methoxy groups -OCH3 is 2. The van der Waals surface area contributed by atoms with E-state index < -0.39 is 33.4 Å². The number of benzene rings is 2. The fraction of sp³-hybridized carbons (Fsp3) is 0.387. The molecular weight excluding hydrogens is 620 g/mol. The molecule has 12 nitrogen and oxygen atoms in total. The number of carbonyl (C=O) groups is 1. The number of aryl methyl sites for hydroxylation is 1. The average molecular weight is 661 g/mol. The molecule has 0 bridgehead atoms. The zero-order chi connectivity index (χ0) is 33.3. The Morgan fingerprint density at radius 1 is 0.978 bits per heavy atom. The van der Waals surface area contributed by atoms with E-state index >= 15 is 0 Å². The van der Waals surface area contributed by atoms with Crippen LogP contribution in [-0.2, 0) is 31.4 Å². The number of aromatic nitrogens is 3. The lowest BCUT2D eigenvalue weighted by Crippen LogP contribution is -3.11. The first-order valence-corrected chi connectivity index (χ1v) is 17.1. The van der Waals surface area contributed by atoms with E-state index in [1.54, 1.807) is 30.2 Å². The van der Waals surface area contributed by atoms with Gasteiger partial charge in [-0.1, -0.05) is 0 Å². The highest BCUT2D eigenvalue weighted by Gasteiger charge is 2.28. The van der Waals surface area contributed by atoms with Crippen molar-refractivity contribution in [2.75, 3.05) is 40.5 Å². The molecule has 0 aliphatic carbocycles. The summed E-state index contributed by atoms with van der Waals surface area (Å²) in [6.07, 6.45) is 1.60. The Labute approximate surface area is 266 Å². The van der Waals surface area contributed by atoms with Crippen molar-refractivity contribution in [2.24, 2.45) is 0 Å². The largest absolute Gasteiger partial charge is 0.546 e. The Bertz CT molecular complexity index is 1750. The lowest BCUT2D eigenvalue weighted by Gasteiger charge is -2.13. The first-order chi connectivity index (χ1) is 21.4. The molecule has 0 radical (unpaired) electrons. The van der Waals surface area contributed by atoms with Crippen molar-refractivity contribution < 1.29 is 41.6 Å². The fourth-order valence-corrected chi connectivity index (χ4v) is 7.68. The predicted octanol–water partition coefficient (Wildman–Crippen LogP) is 1.67. The molecule has 0 saturated carbocycles. The van der Waals surface area contributed by atoms with Crippen molar-refractivity contribution in [1.29, 1.82) is 0 Å². The number of aliphatic carboxylic acids is 1. The van der Waals surface area contributed by atoms with E-state index in [9.17, 15) is 22.5 Å². The molecule has 0 saturated heterocycles. The second-order valence-corrected chi connectivity index (χ2v) is 13.1. The van der Waals surface area contributed by atoms with E-state index in [0.717, 1.165) is 9.54 Å². The number of fused-ring (bicyclic) bond motifs is 1. The average Bonchev–Trinajstić information content (AvgIpc) is 3.43. The highest BCUT2D eigenvalue weighted by atomic mass is 32.2. The summed E-state index contributed by atoms with van der Waals surface area (Å²) in [5, 5.41) is 10.5. The minimum Gasteiger partial charge on any atom is -0.546 e. The van der Waals surface area contributed by atoms with Crippen LogP contribution in [0.2, 0.25) is 0 Å². The van der Waals surface area contributed by atoms with Gasteiger partial charge in [-0.25, -0.2) is 17.4 Å². The molecule has 0 amide bonds. The lowest BCUT2D eigenvalue weighted by molar-refractivity contribution is -0.894. The number of carboxylic acids is 1. The van der Waals surface area contributed by atoms with Gasteiger partial charge in [-0.05, 0) is 71.0 Å². The molecule has 1 N–H and O–H groups in total. The van der Waals surface area contributed by atoms with Gasteiger partial charge in [0.15, 0.2) is 0 Å². The predicted molar refractivity (Wildman–Crippen MR) is 169 cm³/mol. The van der Waals surface area contributed by atoms with Gasteiger partial charge in [0.2, 0.25) is 5.16 Å². The van der Waals surface area contributed by atoms with E-state index in [1.807, 2.05) is 6.92 Å². The normalized spacial score (nSPS) is 12.0. The van der Waals surface area contributed by atoms with Gasteiger partial charge in [-0.3, -0.25) is 9.19 Å². The van der Waals surface area contributed by atoms with E-state index in [0.29, 0.717) is 22.8 Å². The van der Waals surface area contributed by atoms with Crippen LogP contribution in [0.1, 0.15) is 37.6 Å². The van der Waals surface area contributed by atoms with Crippen molar-refractivity contribution in [2.45, 2.75) is 50.4 Å². The van der Waals surface area contributed by atoms with Crippen LogP contribution in [0.3, 0.4) is 0 Å². The molecule has 0 aliphatic rings. The molecule has 4 rings (SSSR count). The molecule has 2 aromatic carbocycles. The van der Waals surface area contributed by atoms with Crippen LogP contribution in [0.15, 0.2) is 58.7 Å². The van der Waals surface area contributed by atoms with Crippen molar-refractivity contribution in [3.8, 4) is 17.2 Å². The highest BCUT2D eigenvalue weighted by Crippen LogP contribution is 2.30. The number of imidazole rings is 1. The first-order valence-electron chi connectivity index (χ1n) is 14.4. The second kappa shape index (κ2) is 15.8. The van der Waals surface area contributed by atoms with Gasteiger partial charge in [0.1, 0.15) is 23.9 Å². The van der Waals surface area contributed by atoms with Crippen molar-refractivity contribution in [3.05, 3.63) is 65.5 Å². The number of pyridine rings is 1. The smallest absolute Gasteiger partial charge is 0.270 e. The van der Waals surface area contributed by atoms with Gasteiger partial charge in [0.25, 0.3) is 10.0 Å². The summed E-state index contributed by atoms with van der Waals surface area (Å²) in [5.74, 6) is -0.308. The fourth-order valence-electron chi connectivity index (χ4n) is 4.63. The van der Waals surface area contributed by atoms with Gasteiger partial charge < -0.3 is 29.0 Å². The number of carbonyl (C=O) groups excluding carboxylic acids is 1. The van der Waals surface area contributed by atoms with Crippen LogP contribution in [0.5, 0.6) is 17.2 Å². The lowest BCUT2D eigenvalue weighted by atomic mass is 10.1. The summed E-state index contributed by atoms with van der Waals surface area (Å²) in [5.41, 5.74) is 2.47. The molecule has 0 fully saturated rings. The quantitative estimate of drug-likeness (QED) is 0.224. The van der Waals surface area contributed by atoms with Crippen LogP contribution in [0, 0.1) is 13.8 Å². The molecule has 2 aromatic heterocycles. The summed E-state index contributed by atoms with van der Waals surface area (Å²) < 4.78 is 57.9. The zero-order valence-electron chi connectivity index (χ0n) is 26.6. The number of nitrogens with zero attached hydrogens (tertiary/aromatic N) is 3. The molecule has 1 atom stereocenters. The van der Waals surface area contributed by atoms with Crippen molar-refractivity contribution >= 4 is 37.8 Å². The van der Waals surface area contributed by atoms with Crippen LogP contribution >= 0.6 is 0 Å². The third-order valence-electron chi connectivity index (χ3n) is 7.23. The molecule has 244 valence electrons. The third kappa shape index (κ3) is 8.38. The van der Waals surface area contributed by atoms with Crippen LogP contribution in [-0.4, -0.2) is 73.0 Å². The Morgan fingerprint density at radius 2 is 1.60 bits per heavy atom. The van der Waals surface area contributed by atoms with Gasteiger partial charge in [-0.15, -0.1) is 0 Å². The number of hydrogen-bond donors (Lipinski definition) is 1. The monoisotopic (exact) mass is 660 g/mol. The maximum absolute atomic E-state index is 13.8. The summed E-state index contributed by atoms with van der Waals surface area (Å²) in [7, 11) is -3.23. The number of nitrogens with one attached hydrogen (secondary N) is 1. The van der Waals surface area contributed by atoms with E-state index in [2.05, 4.69) is 30.7 Å². The van der Waals surface area contributed by atoms with Gasteiger partial charge in [-0.2, -0.15) is 0 Å². The topological polar surface area (TPSA) is 154 Å². The first kappa shape index (κ1) is 35.5.